The Morgan fingerprint density at radius 1 is 1.20 bits per heavy atom. The minimum atomic E-state index is -3.66. The van der Waals surface area contributed by atoms with E-state index in [1.54, 1.807) is 28.8 Å². The van der Waals surface area contributed by atoms with Gasteiger partial charge >= 0.3 is 0 Å². The number of sulfonamides is 1. The molecule has 0 aliphatic carbocycles. The first-order valence-electron chi connectivity index (χ1n) is 8.52. The molecule has 25 heavy (non-hydrogen) atoms. The Kier molecular flexibility index (Phi) is 5.11. The maximum absolute atomic E-state index is 13.4. The normalized spacial score (nSPS) is 18.9. The van der Waals surface area contributed by atoms with E-state index in [0.717, 1.165) is 36.0 Å². The lowest BCUT2D eigenvalue weighted by Gasteiger charge is -2.35. The molecule has 1 aliphatic heterocycles. The Balaban J connectivity index is 2.08. The second-order valence-corrected chi connectivity index (χ2v) is 8.36. The van der Waals surface area contributed by atoms with Crippen LogP contribution in [0.15, 0.2) is 41.6 Å². The second kappa shape index (κ2) is 7.14. The van der Waals surface area contributed by atoms with Gasteiger partial charge in [-0.15, -0.1) is 0 Å². The molecule has 0 saturated carbocycles. The third-order valence-electron chi connectivity index (χ3n) is 4.89. The molecule has 1 saturated heterocycles. The van der Waals surface area contributed by atoms with Gasteiger partial charge in [-0.3, -0.25) is 4.98 Å². The molecule has 0 N–H and O–H groups in total. The minimum absolute atomic E-state index is 0.182. The zero-order valence-corrected chi connectivity index (χ0v) is 15.7. The Morgan fingerprint density at radius 3 is 2.64 bits per heavy atom. The molecule has 1 aliphatic rings. The summed E-state index contributed by atoms with van der Waals surface area (Å²) in [6.07, 6.45) is 6.14. The molecule has 0 unspecified atom stereocenters. The third-order valence-corrected chi connectivity index (χ3v) is 6.82. The van der Waals surface area contributed by atoms with Gasteiger partial charge in [0.2, 0.25) is 10.0 Å². The van der Waals surface area contributed by atoms with E-state index in [9.17, 15) is 8.42 Å². The van der Waals surface area contributed by atoms with Crippen molar-refractivity contribution in [2.24, 2.45) is 0 Å². The minimum Gasteiger partial charge on any atom is -0.495 e. The SMILES string of the molecule is COc1cc(C)c(C)cc1S(=O)(=O)N1CCCC[C@H]1c1cccnc1. The van der Waals surface area contributed by atoms with Crippen LogP contribution in [-0.4, -0.2) is 31.4 Å². The van der Waals surface area contributed by atoms with Gasteiger partial charge in [0.1, 0.15) is 10.6 Å². The van der Waals surface area contributed by atoms with E-state index in [0.29, 0.717) is 12.3 Å². The lowest BCUT2D eigenvalue weighted by molar-refractivity contribution is 0.254. The highest BCUT2D eigenvalue weighted by Gasteiger charge is 2.36. The van der Waals surface area contributed by atoms with Crippen LogP contribution in [0.5, 0.6) is 5.75 Å². The summed E-state index contributed by atoms with van der Waals surface area (Å²) in [4.78, 5) is 4.41. The van der Waals surface area contributed by atoms with E-state index in [2.05, 4.69) is 4.98 Å². The zero-order valence-electron chi connectivity index (χ0n) is 14.9. The first-order valence-corrected chi connectivity index (χ1v) is 9.96. The van der Waals surface area contributed by atoms with E-state index in [1.165, 1.54) is 7.11 Å². The molecule has 1 atom stereocenters. The van der Waals surface area contributed by atoms with Crippen molar-refractivity contribution >= 4 is 10.0 Å². The monoisotopic (exact) mass is 360 g/mol. The Labute approximate surface area is 149 Å². The smallest absolute Gasteiger partial charge is 0.247 e. The summed E-state index contributed by atoms with van der Waals surface area (Å²) in [6.45, 7) is 4.38. The van der Waals surface area contributed by atoms with Crippen LogP contribution in [0, 0.1) is 13.8 Å². The highest BCUT2D eigenvalue weighted by atomic mass is 32.2. The fraction of sp³-hybridized carbons (Fsp3) is 0.421. The molecule has 1 aromatic heterocycles. The lowest BCUT2D eigenvalue weighted by Crippen LogP contribution is -2.38. The van der Waals surface area contributed by atoms with Crippen molar-refractivity contribution < 1.29 is 13.2 Å². The first kappa shape index (κ1) is 17.9. The molecule has 0 spiro atoms. The number of hydrogen-bond acceptors (Lipinski definition) is 4. The summed E-state index contributed by atoms with van der Waals surface area (Å²) in [5.74, 6) is 0.401. The summed E-state index contributed by atoms with van der Waals surface area (Å²) in [5.41, 5.74) is 2.89. The fourth-order valence-corrected chi connectivity index (χ4v) is 5.26. The summed E-state index contributed by atoms with van der Waals surface area (Å²) in [6, 6.07) is 7.14. The average molecular weight is 360 g/mol. The number of piperidine rings is 1. The third kappa shape index (κ3) is 3.41. The molecular weight excluding hydrogens is 336 g/mol. The molecule has 6 heteroatoms. The summed E-state index contributed by atoms with van der Waals surface area (Å²) >= 11 is 0. The van der Waals surface area contributed by atoms with Gasteiger partial charge in [0, 0.05) is 18.9 Å². The number of nitrogens with zero attached hydrogens (tertiary/aromatic N) is 2. The van der Waals surface area contributed by atoms with E-state index in [-0.39, 0.29) is 10.9 Å². The van der Waals surface area contributed by atoms with Crippen LogP contribution in [0.1, 0.15) is 42.0 Å². The number of aryl methyl sites for hydroxylation is 2. The summed E-state index contributed by atoms with van der Waals surface area (Å²) in [7, 11) is -2.15. The number of hydrogen-bond donors (Lipinski definition) is 0. The predicted octanol–water partition coefficient (Wildman–Crippen LogP) is 3.62. The van der Waals surface area contributed by atoms with Crippen LogP contribution in [-0.2, 0) is 10.0 Å². The van der Waals surface area contributed by atoms with Crippen LogP contribution in [0.3, 0.4) is 0 Å². The van der Waals surface area contributed by atoms with Crippen LogP contribution >= 0.6 is 0 Å². The van der Waals surface area contributed by atoms with Gasteiger partial charge in [0.05, 0.1) is 13.2 Å². The van der Waals surface area contributed by atoms with Crippen molar-refractivity contribution in [1.82, 2.24) is 9.29 Å². The summed E-state index contributed by atoms with van der Waals surface area (Å²) < 4.78 is 33.9. The highest BCUT2D eigenvalue weighted by molar-refractivity contribution is 7.89. The zero-order chi connectivity index (χ0) is 18.0. The molecule has 134 valence electrons. The molecule has 3 rings (SSSR count). The van der Waals surface area contributed by atoms with Crippen molar-refractivity contribution in [2.75, 3.05) is 13.7 Å². The molecule has 1 fully saturated rings. The van der Waals surface area contributed by atoms with Gasteiger partial charge in [-0.2, -0.15) is 4.31 Å². The van der Waals surface area contributed by atoms with Gasteiger partial charge in [-0.05, 0) is 61.6 Å². The Bertz CT molecular complexity index is 850. The Hall–Kier alpha value is -1.92. The van der Waals surface area contributed by atoms with Gasteiger partial charge < -0.3 is 4.74 Å². The van der Waals surface area contributed by atoms with Crippen LogP contribution in [0.25, 0.3) is 0 Å². The Morgan fingerprint density at radius 2 is 1.96 bits per heavy atom. The molecule has 2 heterocycles. The molecule has 0 amide bonds. The number of ether oxygens (including phenoxy) is 1. The fourth-order valence-electron chi connectivity index (χ4n) is 3.35. The molecule has 5 nitrogen and oxygen atoms in total. The van der Waals surface area contributed by atoms with Crippen molar-refractivity contribution in [2.45, 2.75) is 44.0 Å². The van der Waals surface area contributed by atoms with Gasteiger partial charge in [0.15, 0.2) is 0 Å². The molecular formula is C19H24N2O3S. The maximum Gasteiger partial charge on any atom is 0.247 e. The highest BCUT2D eigenvalue weighted by Crippen LogP contribution is 2.38. The van der Waals surface area contributed by atoms with Crippen LogP contribution in [0.4, 0.5) is 0 Å². The van der Waals surface area contributed by atoms with E-state index in [1.807, 2.05) is 26.0 Å². The molecule has 0 bridgehead atoms. The van der Waals surface area contributed by atoms with Gasteiger partial charge in [-0.25, -0.2) is 8.42 Å². The van der Waals surface area contributed by atoms with Crippen molar-refractivity contribution in [3.05, 3.63) is 53.3 Å². The van der Waals surface area contributed by atoms with E-state index >= 15 is 0 Å². The number of benzene rings is 1. The van der Waals surface area contributed by atoms with E-state index < -0.39 is 10.0 Å². The summed E-state index contributed by atoms with van der Waals surface area (Å²) in [5, 5.41) is 0. The number of pyridine rings is 1. The van der Waals surface area contributed by atoms with Gasteiger partial charge in [-0.1, -0.05) is 12.5 Å². The first-order chi connectivity index (χ1) is 11.9. The molecule has 0 radical (unpaired) electrons. The second-order valence-electron chi connectivity index (χ2n) is 6.50. The van der Waals surface area contributed by atoms with Crippen LogP contribution in [0.2, 0.25) is 0 Å². The molecule has 2 aromatic rings. The maximum atomic E-state index is 13.4. The van der Waals surface area contributed by atoms with Crippen molar-refractivity contribution in [1.29, 1.82) is 0 Å². The predicted molar refractivity (Wildman–Crippen MR) is 97.2 cm³/mol. The molecule has 1 aromatic carbocycles. The topological polar surface area (TPSA) is 59.5 Å². The standard InChI is InChI=1S/C19H24N2O3S/c1-14-11-18(24-3)19(12-15(14)2)25(22,23)21-10-5-4-8-17(21)16-7-6-9-20-13-16/h6-7,9,11-13,17H,4-5,8,10H2,1-3H3/t17-/m0/s1. The van der Waals surface area contributed by atoms with Crippen molar-refractivity contribution in [3.8, 4) is 5.75 Å². The van der Waals surface area contributed by atoms with Crippen LogP contribution < -0.4 is 4.74 Å². The largest absolute Gasteiger partial charge is 0.495 e. The van der Waals surface area contributed by atoms with Crippen molar-refractivity contribution in [3.63, 3.8) is 0 Å². The quantitative estimate of drug-likeness (QED) is 0.835. The van der Waals surface area contributed by atoms with Gasteiger partial charge in [0.25, 0.3) is 0 Å². The number of methoxy groups -OCH3 is 1. The average Bonchev–Trinajstić information content (AvgIpc) is 2.64. The lowest BCUT2D eigenvalue weighted by atomic mass is 9.99. The van der Waals surface area contributed by atoms with E-state index in [4.69, 9.17) is 4.74 Å². The number of aromatic nitrogens is 1. The number of rotatable bonds is 4.